The van der Waals surface area contributed by atoms with Crippen LogP contribution in [0.25, 0.3) is 21.8 Å². The van der Waals surface area contributed by atoms with Crippen LogP contribution >= 0.6 is 0 Å². The van der Waals surface area contributed by atoms with Crippen LogP contribution < -0.4 is 5.43 Å². The zero-order valence-corrected chi connectivity index (χ0v) is 13.5. The second kappa shape index (κ2) is 6.07. The summed E-state index contributed by atoms with van der Waals surface area (Å²) in [5.74, 6) is -2.12. The van der Waals surface area contributed by atoms with E-state index in [4.69, 9.17) is 0 Å². The van der Waals surface area contributed by atoms with Gasteiger partial charge >= 0.3 is 5.97 Å². The Hall–Kier alpha value is -3.54. The van der Waals surface area contributed by atoms with Crippen molar-refractivity contribution in [1.82, 2.24) is 9.55 Å². The van der Waals surface area contributed by atoms with Gasteiger partial charge in [0, 0.05) is 24.3 Å². The third-order valence-electron chi connectivity index (χ3n) is 4.35. The summed E-state index contributed by atoms with van der Waals surface area (Å²) in [4.78, 5) is 28.2. The normalized spacial score (nSPS) is 11.1. The lowest BCUT2D eigenvalue weighted by molar-refractivity contribution is 0.0695. The van der Waals surface area contributed by atoms with Crippen LogP contribution in [0.1, 0.15) is 15.9 Å². The van der Waals surface area contributed by atoms with Crippen LogP contribution in [0.5, 0.6) is 0 Å². The molecule has 0 atom stereocenters. The fourth-order valence-corrected chi connectivity index (χ4v) is 3.16. The highest BCUT2D eigenvalue weighted by atomic mass is 19.1. The lowest BCUT2D eigenvalue weighted by atomic mass is 10.1. The molecule has 128 valence electrons. The maximum absolute atomic E-state index is 14.2. The number of halogens is 1. The molecule has 26 heavy (non-hydrogen) atoms. The summed E-state index contributed by atoms with van der Waals surface area (Å²) in [6.07, 6.45) is 2.94. The van der Waals surface area contributed by atoms with Gasteiger partial charge < -0.3 is 9.67 Å². The van der Waals surface area contributed by atoms with Gasteiger partial charge in [-0.15, -0.1) is 0 Å². The SMILES string of the molecule is O=C(O)c1cn(Cc2cccc3cccnc23)c2cccc(F)c2c1=O. The van der Waals surface area contributed by atoms with E-state index in [1.165, 1.54) is 12.3 Å². The Morgan fingerprint density at radius 2 is 1.88 bits per heavy atom. The molecule has 5 nitrogen and oxygen atoms in total. The zero-order valence-electron chi connectivity index (χ0n) is 13.5. The summed E-state index contributed by atoms with van der Waals surface area (Å²) in [6, 6.07) is 13.7. The van der Waals surface area contributed by atoms with Crippen molar-refractivity contribution in [3.63, 3.8) is 0 Å². The first kappa shape index (κ1) is 16.0. The number of pyridine rings is 2. The number of hydrogen-bond donors (Lipinski definition) is 1. The van der Waals surface area contributed by atoms with E-state index < -0.39 is 22.8 Å². The molecule has 1 N–H and O–H groups in total. The molecule has 0 amide bonds. The number of aromatic nitrogens is 2. The summed E-state index contributed by atoms with van der Waals surface area (Å²) in [6.45, 7) is 0.259. The number of rotatable bonds is 3. The molecule has 0 saturated carbocycles. The predicted octanol–water partition coefficient (Wildman–Crippen LogP) is 3.44. The van der Waals surface area contributed by atoms with Crippen molar-refractivity contribution in [2.24, 2.45) is 0 Å². The molecule has 0 bridgehead atoms. The molecule has 0 aliphatic carbocycles. The maximum atomic E-state index is 14.2. The van der Waals surface area contributed by atoms with Crippen LogP contribution in [0.15, 0.2) is 65.7 Å². The molecular formula is C20H13FN2O3. The molecule has 2 aromatic carbocycles. The van der Waals surface area contributed by atoms with Crippen molar-refractivity contribution in [1.29, 1.82) is 0 Å². The maximum Gasteiger partial charge on any atom is 0.341 e. The summed E-state index contributed by atoms with van der Waals surface area (Å²) in [5, 5.41) is 10.1. The molecule has 0 unspecified atom stereocenters. The van der Waals surface area contributed by atoms with Crippen molar-refractivity contribution < 1.29 is 14.3 Å². The number of carbonyl (C=O) groups is 1. The Balaban J connectivity index is 1.99. The molecule has 0 spiro atoms. The number of carboxylic acids is 1. The lowest BCUT2D eigenvalue weighted by Crippen LogP contribution is -2.20. The molecule has 0 fully saturated rings. The molecular weight excluding hydrogens is 335 g/mol. The van der Waals surface area contributed by atoms with E-state index in [0.29, 0.717) is 5.52 Å². The minimum atomic E-state index is -1.38. The van der Waals surface area contributed by atoms with Crippen LogP contribution in [0, 0.1) is 5.82 Å². The van der Waals surface area contributed by atoms with E-state index >= 15 is 0 Å². The smallest absolute Gasteiger partial charge is 0.341 e. The first-order chi connectivity index (χ1) is 12.6. The van der Waals surface area contributed by atoms with Gasteiger partial charge in [-0.05, 0) is 23.8 Å². The van der Waals surface area contributed by atoms with E-state index in [1.807, 2.05) is 30.3 Å². The topological polar surface area (TPSA) is 72.2 Å². The number of benzene rings is 2. The molecule has 6 heteroatoms. The predicted molar refractivity (Wildman–Crippen MR) is 96.0 cm³/mol. The number of nitrogens with zero attached hydrogens (tertiary/aromatic N) is 2. The number of fused-ring (bicyclic) bond motifs is 2. The highest BCUT2D eigenvalue weighted by Crippen LogP contribution is 2.21. The van der Waals surface area contributed by atoms with Gasteiger partial charge in [0.2, 0.25) is 5.43 Å². The molecule has 0 aliphatic rings. The second-order valence-electron chi connectivity index (χ2n) is 5.93. The van der Waals surface area contributed by atoms with Crippen molar-refractivity contribution in [3.8, 4) is 0 Å². The minimum absolute atomic E-state index is 0.222. The average Bonchev–Trinajstić information content (AvgIpc) is 2.64. The van der Waals surface area contributed by atoms with Gasteiger partial charge in [-0.25, -0.2) is 9.18 Å². The number of para-hydroxylation sites is 1. The van der Waals surface area contributed by atoms with Crippen molar-refractivity contribution in [2.45, 2.75) is 6.54 Å². The van der Waals surface area contributed by atoms with Crippen molar-refractivity contribution >= 4 is 27.8 Å². The van der Waals surface area contributed by atoms with Gasteiger partial charge in [0.1, 0.15) is 11.4 Å². The lowest BCUT2D eigenvalue weighted by Gasteiger charge is -2.14. The Morgan fingerprint density at radius 1 is 1.12 bits per heavy atom. The molecule has 4 aromatic rings. The molecule has 0 radical (unpaired) electrons. The molecule has 2 aromatic heterocycles. The Morgan fingerprint density at radius 3 is 2.69 bits per heavy atom. The number of aromatic carboxylic acids is 1. The quantitative estimate of drug-likeness (QED) is 0.616. The van der Waals surface area contributed by atoms with Crippen molar-refractivity contribution in [3.05, 3.63) is 88.1 Å². The number of hydrogen-bond acceptors (Lipinski definition) is 3. The highest BCUT2D eigenvalue weighted by Gasteiger charge is 2.17. The third kappa shape index (κ3) is 2.52. The van der Waals surface area contributed by atoms with Gasteiger partial charge in [-0.3, -0.25) is 9.78 Å². The molecule has 0 aliphatic heterocycles. The second-order valence-corrected chi connectivity index (χ2v) is 5.93. The fourth-order valence-electron chi connectivity index (χ4n) is 3.16. The van der Waals surface area contributed by atoms with E-state index in [1.54, 1.807) is 16.8 Å². The Labute approximate surface area is 147 Å². The molecule has 4 rings (SSSR count). The van der Waals surface area contributed by atoms with Crippen LogP contribution in [0.2, 0.25) is 0 Å². The van der Waals surface area contributed by atoms with E-state index in [2.05, 4.69) is 4.98 Å². The standard InChI is InChI=1S/C20H13FN2O3/c21-15-7-2-8-16-17(15)19(24)14(20(25)26)11-23(16)10-13-5-1-4-12-6-3-9-22-18(12)13/h1-9,11H,10H2,(H,25,26). The van der Waals surface area contributed by atoms with Gasteiger partial charge in [0.05, 0.1) is 16.4 Å². The summed E-state index contributed by atoms with van der Waals surface area (Å²) >= 11 is 0. The average molecular weight is 348 g/mol. The Bertz CT molecular complexity index is 1230. The third-order valence-corrected chi connectivity index (χ3v) is 4.35. The van der Waals surface area contributed by atoms with Gasteiger partial charge in [0.15, 0.2) is 0 Å². The molecule has 0 saturated heterocycles. The fraction of sp³-hybridized carbons (Fsp3) is 0.0500. The van der Waals surface area contributed by atoms with E-state index in [9.17, 15) is 19.1 Å². The van der Waals surface area contributed by atoms with Gasteiger partial charge in [-0.1, -0.05) is 30.3 Å². The largest absolute Gasteiger partial charge is 0.477 e. The van der Waals surface area contributed by atoms with E-state index in [0.717, 1.165) is 22.5 Å². The summed E-state index contributed by atoms with van der Waals surface area (Å²) in [5.41, 5.74) is 0.672. The van der Waals surface area contributed by atoms with Crippen LogP contribution in [0.4, 0.5) is 4.39 Å². The minimum Gasteiger partial charge on any atom is -0.477 e. The zero-order chi connectivity index (χ0) is 18.3. The summed E-state index contributed by atoms with van der Waals surface area (Å²) in [7, 11) is 0. The van der Waals surface area contributed by atoms with Crippen LogP contribution in [-0.2, 0) is 6.54 Å². The highest BCUT2D eigenvalue weighted by molar-refractivity contribution is 5.93. The molecule has 2 heterocycles. The monoisotopic (exact) mass is 348 g/mol. The van der Waals surface area contributed by atoms with Gasteiger partial charge in [-0.2, -0.15) is 0 Å². The summed E-state index contributed by atoms with van der Waals surface area (Å²) < 4.78 is 15.8. The van der Waals surface area contributed by atoms with Gasteiger partial charge in [0.25, 0.3) is 0 Å². The first-order valence-electron chi connectivity index (χ1n) is 7.94. The van der Waals surface area contributed by atoms with Crippen LogP contribution in [0.3, 0.4) is 0 Å². The van der Waals surface area contributed by atoms with Crippen LogP contribution in [-0.4, -0.2) is 20.6 Å². The van der Waals surface area contributed by atoms with E-state index in [-0.39, 0.29) is 11.9 Å². The van der Waals surface area contributed by atoms with Crippen molar-refractivity contribution in [2.75, 3.05) is 0 Å². The Kier molecular flexibility index (Phi) is 3.73. The number of carboxylic acid groups (broad SMARTS) is 1. The first-order valence-corrected chi connectivity index (χ1v) is 7.94.